The molecule has 2 aromatic heterocycles. The van der Waals surface area contributed by atoms with Crippen molar-refractivity contribution >= 4 is 34.8 Å². The molecule has 0 atom stereocenters. The zero-order valence-corrected chi connectivity index (χ0v) is 19.7. The fraction of sp³-hybridized carbons (Fsp3) is 0.185. The minimum Gasteiger partial charge on any atom is -0.497 e. The number of pyridine rings is 1. The second-order valence-electron chi connectivity index (χ2n) is 7.94. The van der Waals surface area contributed by atoms with Gasteiger partial charge in [-0.25, -0.2) is 9.97 Å². The van der Waals surface area contributed by atoms with Crippen LogP contribution in [0.1, 0.15) is 17.1 Å². The van der Waals surface area contributed by atoms with E-state index in [2.05, 4.69) is 27.4 Å². The predicted molar refractivity (Wildman–Crippen MR) is 141 cm³/mol. The first-order valence-electron chi connectivity index (χ1n) is 11.4. The van der Waals surface area contributed by atoms with Crippen molar-refractivity contribution < 1.29 is 4.74 Å². The van der Waals surface area contributed by atoms with Crippen LogP contribution >= 0.6 is 0 Å². The molecule has 0 saturated carbocycles. The molecule has 178 valence electrons. The van der Waals surface area contributed by atoms with Crippen LogP contribution in [0.4, 0.5) is 5.82 Å². The number of rotatable bonds is 10. The second-order valence-corrected chi connectivity index (χ2v) is 7.94. The number of hydrogen-bond acceptors (Lipinski definition) is 6. The van der Waals surface area contributed by atoms with Gasteiger partial charge in [-0.2, -0.15) is 0 Å². The summed E-state index contributed by atoms with van der Waals surface area (Å²) in [6.07, 6.45) is 6.30. The standard InChI is InChI=1S/C27H29N7O/c1-35-22-11-12-24-23(19-22)26(33-25(32-24)13-10-21-9-5-6-15-30-21)31-16-18-34(27(28)29)17-14-20-7-3-2-4-8-20/h2-13,15,19H,14,16-18H2,1H3,(H3,28,29)(H,31,32,33). The summed E-state index contributed by atoms with van der Waals surface area (Å²) in [5.74, 6) is 2.05. The van der Waals surface area contributed by atoms with E-state index in [4.69, 9.17) is 20.9 Å². The lowest BCUT2D eigenvalue weighted by Crippen LogP contribution is -2.40. The number of nitrogens with two attached hydrogens (primary N) is 1. The smallest absolute Gasteiger partial charge is 0.188 e. The van der Waals surface area contributed by atoms with Crippen LogP contribution in [-0.2, 0) is 6.42 Å². The van der Waals surface area contributed by atoms with Crippen molar-refractivity contribution in [3.63, 3.8) is 0 Å². The molecule has 2 aromatic carbocycles. The largest absolute Gasteiger partial charge is 0.497 e. The fourth-order valence-electron chi connectivity index (χ4n) is 3.67. The van der Waals surface area contributed by atoms with Crippen molar-refractivity contribution in [2.45, 2.75) is 6.42 Å². The Kier molecular flexibility index (Phi) is 7.85. The van der Waals surface area contributed by atoms with Gasteiger partial charge < -0.3 is 20.7 Å². The van der Waals surface area contributed by atoms with Gasteiger partial charge in [-0.05, 0) is 54.5 Å². The summed E-state index contributed by atoms with van der Waals surface area (Å²) < 4.78 is 5.40. The molecule has 4 N–H and O–H groups in total. The van der Waals surface area contributed by atoms with E-state index in [-0.39, 0.29) is 5.96 Å². The maximum absolute atomic E-state index is 7.97. The van der Waals surface area contributed by atoms with Gasteiger partial charge in [0.15, 0.2) is 11.8 Å². The molecule has 0 bridgehead atoms. The van der Waals surface area contributed by atoms with Crippen molar-refractivity contribution in [3.8, 4) is 5.75 Å². The number of methoxy groups -OCH3 is 1. The summed E-state index contributed by atoms with van der Waals surface area (Å²) >= 11 is 0. The Bertz CT molecular complexity index is 1290. The lowest BCUT2D eigenvalue weighted by molar-refractivity contribution is 0.415. The highest BCUT2D eigenvalue weighted by atomic mass is 16.5. The number of nitrogens with one attached hydrogen (secondary N) is 2. The summed E-state index contributed by atoms with van der Waals surface area (Å²) in [7, 11) is 1.64. The molecule has 0 fully saturated rings. The van der Waals surface area contributed by atoms with Crippen molar-refractivity contribution in [2.75, 3.05) is 32.1 Å². The molecule has 0 unspecified atom stereocenters. The van der Waals surface area contributed by atoms with Gasteiger partial charge in [0.1, 0.15) is 11.6 Å². The van der Waals surface area contributed by atoms with Crippen molar-refractivity contribution in [1.82, 2.24) is 19.9 Å². The van der Waals surface area contributed by atoms with E-state index >= 15 is 0 Å². The molecule has 8 nitrogen and oxygen atoms in total. The van der Waals surface area contributed by atoms with E-state index in [9.17, 15) is 0 Å². The minimum absolute atomic E-state index is 0.0518. The van der Waals surface area contributed by atoms with E-state index in [1.807, 2.05) is 71.6 Å². The van der Waals surface area contributed by atoms with E-state index in [1.54, 1.807) is 13.3 Å². The number of benzene rings is 2. The fourth-order valence-corrected chi connectivity index (χ4v) is 3.67. The Morgan fingerprint density at radius 1 is 1.03 bits per heavy atom. The molecular weight excluding hydrogens is 438 g/mol. The molecule has 4 aromatic rings. The summed E-state index contributed by atoms with van der Waals surface area (Å²) in [6.45, 7) is 1.79. The Morgan fingerprint density at radius 2 is 1.86 bits per heavy atom. The Morgan fingerprint density at radius 3 is 2.60 bits per heavy atom. The van der Waals surface area contributed by atoms with Gasteiger partial charge in [0, 0.05) is 31.2 Å². The molecule has 2 heterocycles. The first kappa shape index (κ1) is 23.7. The van der Waals surface area contributed by atoms with Gasteiger partial charge in [-0.1, -0.05) is 36.4 Å². The number of anilines is 1. The van der Waals surface area contributed by atoms with Crippen LogP contribution in [0.3, 0.4) is 0 Å². The van der Waals surface area contributed by atoms with Crippen molar-refractivity contribution in [2.24, 2.45) is 5.73 Å². The normalized spacial score (nSPS) is 11.0. The first-order chi connectivity index (χ1) is 17.1. The molecule has 4 rings (SSSR count). The maximum atomic E-state index is 7.97. The van der Waals surface area contributed by atoms with Crippen LogP contribution in [0.25, 0.3) is 23.1 Å². The van der Waals surface area contributed by atoms with E-state index in [0.29, 0.717) is 31.3 Å². The molecule has 35 heavy (non-hydrogen) atoms. The van der Waals surface area contributed by atoms with Gasteiger partial charge in [-0.15, -0.1) is 0 Å². The van der Waals surface area contributed by atoms with Crippen molar-refractivity contribution in [1.29, 1.82) is 5.41 Å². The predicted octanol–water partition coefficient (Wildman–Crippen LogP) is 4.05. The molecule has 8 heteroatoms. The highest BCUT2D eigenvalue weighted by Crippen LogP contribution is 2.25. The number of guanidine groups is 1. The summed E-state index contributed by atoms with van der Waals surface area (Å²) in [5, 5.41) is 12.2. The third-order valence-corrected chi connectivity index (χ3v) is 5.54. The van der Waals surface area contributed by atoms with E-state index in [0.717, 1.165) is 28.8 Å². The highest BCUT2D eigenvalue weighted by molar-refractivity contribution is 5.91. The van der Waals surface area contributed by atoms with Crippen LogP contribution in [0.2, 0.25) is 0 Å². The second kappa shape index (κ2) is 11.6. The van der Waals surface area contributed by atoms with Gasteiger partial charge >= 0.3 is 0 Å². The lowest BCUT2D eigenvalue weighted by Gasteiger charge is -2.23. The minimum atomic E-state index is 0.0518. The molecule has 0 aliphatic heterocycles. The molecular formula is C27H29N7O. The summed E-state index contributed by atoms with van der Waals surface area (Å²) in [6, 6.07) is 21.6. The molecule has 0 spiro atoms. The molecule has 0 aliphatic carbocycles. The first-order valence-corrected chi connectivity index (χ1v) is 11.4. The molecule has 0 aliphatic rings. The van der Waals surface area contributed by atoms with Gasteiger partial charge in [0.25, 0.3) is 0 Å². The van der Waals surface area contributed by atoms with Crippen LogP contribution in [0, 0.1) is 5.41 Å². The summed E-state index contributed by atoms with van der Waals surface area (Å²) in [5.41, 5.74) is 8.70. The molecule has 0 amide bonds. The molecule has 0 radical (unpaired) electrons. The van der Waals surface area contributed by atoms with Crippen LogP contribution in [0.15, 0.2) is 72.9 Å². The number of hydrogen-bond donors (Lipinski definition) is 3. The monoisotopic (exact) mass is 467 g/mol. The third kappa shape index (κ3) is 6.54. The van der Waals surface area contributed by atoms with Crippen LogP contribution in [0.5, 0.6) is 5.75 Å². The number of nitrogens with zero attached hydrogens (tertiary/aromatic N) is 4. The van der Waals surface area contributed by atoms with Gasteiger partial charge in [-0.3, -0.25) is 10.4 Å². The van der Waals surface area contributed by atoms with E-state index in [1.165, 1.54) is 5.56 Å². The number of aromatic nitrogens is 3. The zero-order chi connectivity index (χ0) is 24.5. The molecule has 0 saturated heterocycles. The SMILES string of the molecule is COc1ccc2nc(C=Cc3ccccn3)nc(NCCN(CCc3ccccc3)C(=N)N)c2c1. The third-order valence-electron chi connectivity index (χ3n) is 5.54. The van der Waals surface area contributed by atoms with E-state index < -0.39 is 0 Å². The zero-order valence-electron chi connectivity index (χ0n) is 19.7. The Labute approximate surface area is 205 Å². The van der Waals surface area contributed by atoms with Gasteiger partial charge in [0.2, 0.25) is 0 Å². The van der Waals surface area contributed by atoms with Crippen LogP contribution in [-0.4, -0.2) is 52.6 Å². The maximum Gasteiger partial charge on any atom is 0.188 e. The highest BCUT2D eigenvalue weighted by Gasteiger charge is 2.11. The topological polar surface area (TPSA) is 113 Å². The quantitative estimate of drug-likeness (QED) is 0.238. The van der Waals surface area contributed by atoms with Crippen LogP contribution < -0.4 is 15.8 Å². The average Bonchev–Trinajstić information content (AvgIpc) is 2.90. The van der Waals surface area contributed by atoms with Crippen molar-refractivity contribution in [3.05, 3.63) is 90.0 Å². The summed E-state index contributed by atoms with van der Waals surface area (Å²) in [4.78, 5) is 15.6. The average molecular weight is 468 g/mol. The Balaban J connectivity index is 1.50. The lowest BCUT2D eigenvalue weighted by atomic mass is 10.1. The Hall–Kier alpha value is -4.46. The van der Waals surface area contributed by atoms with Gasteiger partial charge in [0.05, 0.1) is 18.3 Å². The number of ether oxygens (including phenoxy) is 1. The number of fused-ring (bicyclic) bond motifs is 1.